The van der Waals surface area contributed by atoms with Gasteiger partial charge < -0.3 is 5.32 Å². The van der Waals surface area contributed by atoms with E-state index in [1.807, 2.05) is 0 Å². The maximum Gasteiger partial charge on any atom is 0.0208 e. The summed E-state index contributed by atoms with van der Waals surface area (Å²) >= 11 is 0. The number of hydrogen-bond donors (Lipinski definition) is 1. The van der Waals surface area contributed by atoms with Gasteiger partial charge in [0.2, 0.25) is 0 Å². The Morgan fingerprint density at radius 2 is 2.25 bits per heavy atom. The summed E-state index contributed by atoms with van der Waals surface area (Å²) in [7, 11) is 0. The molecule has 12 heavy (non-hydrogen) atoms. The van der Waals surface area contributed by atoms with Gasteiger partial charge in [-0.2, -0.15) is 0 Å². The zero-order valence-corrected chi connectivity index (χ0v) is 7.72. The van der Waals surface area contributed by atoms with Crippen LogP contribution in [0.15, 0.2) is 18.2 Å². The topological polar surface area (TPSA) is 12.0 Å². The Balaban J connectivity index is 2.46. The first-order valence-electron chi connectivity index (χ1n) is 4.57. The molecular formula is C11H15N. The molecule has 0 unspecified atom stereocenters. The van der Waals surface area contributed by atoms with E-state index in [9.17, 15) is 0 Å². The smallest absolute Gasteiger partial charge is 0.0208 e. The summed E-state index contributed by atoms with van der Waals surface area (Å²) in [6, 6.07) is 6.77. The Hall–Kier alpha value is -0.820. The molecule has 0 fully saturated rings. The first-order chi connectivity index (χ1) is 5.77. The minimum Gasteiger partial charge on any atom is -0.312 e. The third-order valence-corrected chi connectivity index (χ3v) is 2.60. The normalized spacial score (nSPS) is 22.0. The van der Waals surface area contributed by atoms with E-state index in [-0.39, 0.29) is 0 Å². The van der Waals surface area contributed by atoms with Crippen LogP contribution in [0, 0.1) is 6.92 Å². The van der Waals surface area contributed by atoms with E-state index in [2.05, 4.69) is 37.4 Å². The first kappa shape index (κ1) is 7.81. The van der Waals surface area contributed by atoms with Crippen molar-refractivity contribution in [1.29, 1.82) is 0 Å². The van der Waals surface area contributed by atoms with Gasteiger partial charge in [-0.25, -0.2) is 0 Å². The van der Waals surface area contributed by atoms with E-state index in [1.54, 1.807) is 0 Å². The number of hydrogen-bond acceptors (Lipinski definition) is 1. The Bertz CT molecular complexity index is 291. The quantitative estimate of drug-likeness (QED) is 0.615. The molecule has 0 saturated carbocycles. The zero-order chi connectivity index (χ0) is 8.55. The molecular weight excluding hydrogens is 146 g/mol. The summed E-state index contributed by atoms with van der Waals surface area (Å²) in [4.78, 5) is 0. The van der Waals surface area contributed by atoms with Gasteiger partial charge in [-0.3, -0.25) is 0 Å². The van der Waals surface area contributed by atoms with Crippen molar-refractivity contribution < 1.29 is 0 Å². The molecule has 1 aliphatic rings. The van der Waals surface area contributed by atoms with Crippen LogP contribution in [-0.4, -0.2) is 6.54 Å². The SMILES string of the molecule is Cc1ccc2c(c1)CNC[C@H]2C. The Morgan fingerprint density at radius 1 is 1.42 bits per heavy atom. The second-order valence-electron chi connectivity index (χ2n) is 3.73. The second kappa shape index (κ2) is 2.91. The highest BCUT2D eigenvalue weighted by Crippen LogP contribution is 2.23. The average Bonchev–Trinajstić information content (AvgIpc) is 2.04. The molecule has 1 aliphatic heterocycles. The maximum atomic E-state index is 3.42. The Kier molecular flexibility index (Phi) is 1.89. The monoisotopic (exact) mass is 161 g/mol. The summed E-state index contributed by atoms with van der Waals surface area (Å²) in [5.74, 6) is 0.675. The zero-order valence-electron chi connectivity index (χ0n) is 7.72. The lowest BCUT2D eigenvalue weighted by Crippen LogP contribution is -2.26. The van der Waals surface area contributed by atoms with Gasteiger partial charge in [0.15, 0.2) is 0 Å². The van der Waals surface area contributed by atoms with Crippen LogP contribution < -0.4 is 5.32 Å². The van der Waals surface area contributed by atoms with E-state index in [0.717, 1.165) is 13.1 Å². The van der Waals surface area contributed by atoms with E-state index in [0.29, 0.717) is 5.92 Å². The second-order valence-corrected chi connectivity index (χ2v) is 3.73. The fourth-order valence-corrected chi connectivity index (χ4v) is 1.90. The molecule has 0 spiro atoms. The van der Waals surface area contributed by atoms with Crippen LogP contribution in [0.5, 0.6) is 0 Å². The molecule has 1 N–H and O–H groups in total. The third-order valence-electron chi connectivity index (χ3n) is 2.60. The Morgan fingerprint density at radius 3 is 3.08 bits per heavy atom. The number of rotatable bonds is 0. The molecule has 0 aliphatic carbocycles. The van der Waals surface area contributed by atoms with Gasteiger partial charge in [-0.15, -0.1) is 0 Å². The summed E-state index contributed by atoms with van der Waals surface area (Å²) in [6.07, 6.45) is 0. The maximum absolute atomic E-state index is 3.42. The van der Waals surface area contributed by atoms with Crippen LogP contribution in [0.1, 0.15) is 29.5 Å². The molecule has 0 amide bonds. The summed E-state index contributed by atoms with van der Waals surface area (Å²) in [5, 5.41) is 3.42. The van der Waals surface area contributed by atoms with Gasteiger partial charge in [0.05, 0.1) is 0 Å². The van der Waals surface area contributed by atoms with Crippen LogP contribution in [0.3, 0.4) is 0 Å². The van der Waals surface area contributed by atoms with Crippen molar-refractivity contribution in [2.45, 2.75) is 26.3 Å². The summed E-state index contributed by atoms with van der Waals surface area (Å²) in [5.41, 5.74) is 4.37. The van der Waals surface area contributed by atoms with E-state index in [4.69, 9.17) is 0 Å². The third kappa shape index (κ3) is 1.25. The molecule has 64 valence electrons. The molecule has 0 aromatic heterocycles. The van der Waals surface area contributed by atoms with Crippen molar-refractivity contribution in [3.05, 3.63) is 34.9 Å². The standard InChI is InChI=1S/C11H15N/c1-8-3-4-11-9(2)6-12-7-10(11)5-8/h3-5,9,12H,6-7H2,1-2H3/t9-/m1/s1. The molecule has 1 aromatic rings. The van der Waals surface area contributed by atoms with Crippen molar-refractivity contribution in [1.82, 2.24) is 5.32 Å². The summed E-state index contributed by atoms with van der Waals surface area (Å²) < 4.78 is 0. The molecule has 0 radical (unpaired) electrons. The Labute approximate surface area is 73.8 Å². The van der Waals surface area contributed by atoms with Crippen LogP contribution in [0.4, 0.5) is 0 Å². The van der Waals surface area contributed by atoms with E-state index >= 15 is 0 Å². The molecule has 1 nitrogen and oxygen atoms in total. The molecule has 2 rings (SSSR count). The predicted molar refractivity (Wildman–Crippen MR) is 51.3 cm³/mol. The first-order valence-corrected chi connectivity index (χ1v) is 4.57. The van der Waals surface area contributed by atoms with Gasteiger partial charge in [0, 0.05) is 13.1 Å². The van der Waals surface area contributed by atoms with E-state index in [1.165, 1.54) is 16.7 Å². The average molecular weight is 161 g/mol. The lowest BCUT2D eigenvalue weighted by Gasteiger charge is -2.23. The summed E-state index contributed by atoms with van der Waals surface area (Å²) in [6.45, 7) is 6.59. The van der Waals surface area contributed by atoms with Gasteiger partial charge in [0.1, 0.15) is 0 Å². The van der Waals surface area contributed by atoms with Crippen LogP contribution >= 0.6 is 0 Å². The van der Waals surface area contributed by atoms with Crippen molar-refractivity contribution >= 4 is 0 Å². The molecule has 1 atom stereocenters. The molecule has 0 bridgehead atoms. The fraction of sp³-hybridized carbons (Fsp3) is 0.455. The molecule has 1 heteroatoms. The van der Waals surface area contributed by atoms with Gasteiger partial charge >= 0.3 is 0 Å². The number of nitrogens with one attached hydrogen (secondary N) is 1. The van der Waals surface area contributed by atoms with Gasteiger partial charge in [0.25, 0.3) is 0 Å². The van der Waals surface area contributed by atoms with Crippen molar-refractivity contribution in [3.63, 3.8) is 0 Å². The van der Waals surface area contributed by atoms with Crippen molar-refractivity contribution in [2.24, 2.45) is 0 Å². The number of benzene rings is 1. The highest BCUT2D eigenvalue weighted by molar-refractivity contribution is 5.35. The van der Waals surface area contributed by atoms with Gasteiger partial charge in [-0.1, -0.05) is 30.7 Å². The molecule has 1 aromatic carbocycles. The van der Waals surface area contributed by atoms with Gasteiger partial charge in [-0.05, 0) is 24.0 Å². The lowest BCUT2D eigenvalue weighted by atomic mass is 9.91. The van der Waals surface area contributed by atoms with Crippen LogP contribution in [0.2, 0.25) is 0 Å². The van der Waals surface area contributed by atoms with Crippen LogP contribution in [0.25, 0.3) is 0 Å². The largest absolute Gasteiger partial charge is 0.312 e. The van der Waals surface area contributed by atoms with Crippen molar-refractivity contribution in [2.75, 3.05) is 6.54 Å². The minimum absolute atomic E-state index is 0.675. The molecule has 0 saturated heterocycles. The highest BCUT2D eigenvalue weighted by Gasteiger charge is 2.14. The van der Waals surface area contributed by atoms with E-state index < -0.39 is 0 Å². The fourth-order valence-electron chi connectivity index (χ4n) is 1.90. The highest BCUT2D eigenvalue weighted by atomic mass is 14.9. The minimum atomic E-state index is 0.675. The molecule has 1 heterocycles. The van der Waals surface area contributed by atoms with Crippen molar-refractivity contribution in [3.8, 4) is 0 Å². The van der Waals surface area contributed by atoms with Crippen LogP contribution in [-0.2, 0) is 6.54 Å². The number of fused-ring (bicyclic) bond motifs is 1. The number of aryl methyl sites for hydroxylation is 1. The lowest BCUT2D eigenvalue weighted by molar-refractivity contribution is 0.570. The predicted octanol–water partition coefficient (Wildman–Crippen LogP) is 2.20.